The van der Waals surface area contributed by atoms with Gasteiger partial charge in [-0.1, -0.05) is 42.5 Å². The van der Waals surface area contributed by atoms with Gasteiger partial charge < -0.3 is 4.74 Å². The van der Waals surface area contributed by atoms with Gasteiger partial charge in [0.2, 0.25) is 0 Å². The van der Waals surface area contributed by atoms with E-state index in [9.17, 15) is 9.59 Å². The van der Waals surface area contributed by atoms with Crippen LogP contribution in [0.4, 0.5) is 0 Å². The molecule has 0 aliphatic rings. The molecule has 0 aliphatic heterocycles. The number of imidazole rings is 1. The van der Waals surface area contributed by atoms with Crippen molar-refractivity contribution in [3.05, 3.63) is 76.9 Å². The molecule has 2 aromatic heterocycles. The van der Waals surface area contributed by atoms with Gasteiger partial charge in [-0.05, 0) is 24.6 Å². The van der Waals surface area contributed by atoms with E-state index >= 15 is 0 Å². The van der Waals surface area contributed by atoms with Crippen molar-refractivity contribution < 1.29 is 14.3 Å². The van der Waals surface area contributed by atoms with Crippen LogP contribution >= 0.6 is 23.1 Å². The van der Waals surface area contributed by atoms with Gasteiger partial charge in [0.25, 0.3) is 0 Å². The highest BCUT2D eigenvalue weighted by Gasteiger charge is 2.17. The molecule has 0 spiro atoms. The molecule has 0 bridgehead atoms. The van der Waals surface area contributed by atoms with E-state index in [1.54, 1.807) is 29.3 Å². The highest BCUT2D eigenvalue weighted by atomic mass is 32.2. The monoisotopic (exact) mass is 436 g/mol. The predicted octanol–water partition coefficient (Wildman–Crippen LogP) is 5.27. The Hall–Kier alpha value is -2.90. The first kappa shape index (κ1) is 20.4. The summed E-state index contributed by atoms with van der Waals surface area (Å²) < 4.78 is 6.74. The molecule has 0 aliphatic carbocycles. The Morgan fingerprint density at radius 1 is 1.17 bits per heavy atom. The van der Waals surface area contributed by atoms with Gasteiger partial charge >= 0.3 is 5.97 Å². The number of rotatable bonds is 8. The molecule has 0 N–H and O–H groups in total. The minimum atomic E-state index is -0.279. The quantitative estimate of drug-likeness (QED) is 0.214. The van der Waals surface area contributed by atoms with Crippen LogP contribution in [0.25, 0.3) is 16.2 Å². The maximum Gasteiger partial charge on any atom is 0.311 e. The molecular weight excluding hydrogens is 416 g/mol. The molecule has 0 unspecified atom stereocenters. The third-order valence-electron chi connectivity index (χ3n) is 4.52. The van der Waals surface area contributed by atoms with Crippen molar-refractivity contribution in [3.63, 3.8) is 0 Å². The fourth-order valence-electron chi connectivity index (χ4n) is 3.12. The lowest BCUT2D eigenvalue weighted by Gasteiger charge is -2.04. The highest BCUT2D eigenvalue weighted by molar-refractivity contribution is 7.98. The number of aldehydes is 1. The van der Waals surface area contributed by atoms with Crippen molar-refractivity contribution in [1.82, 2.24) is 9.38 Å². The van der Waals surface area contributed by atoms with E-state index in [1.807, 2.05) is 30.3 Å². The van der Waals surface area contributed by atoms with E-state index in [1.165, 1.54) is 16.9 Å². The van der Waals surface area contributed by atoms with Gasteiger partial charge in [-0.15, -0.1) is 23.1 Å². The SMILES string of the molecule is CCOC(=O)Cc1cn2c(C=O)c(-c3ccc(SCc4ccccc4)cc3)nc2s1. The van der Waals surface area contributed by atoms with E-state index < -0.39 is 0 Å². The zero-order valence-electron chi connectivity index (χ0n) is 16.4. The van der Waals surface area contributed by atoms with Crippen molar-refractivity contribution in [2.24, 2.45) is 0 Å². The van der Waals surface area contributed by atoms with E-state index in [2.05, 4.69) is 29.2 Å². The first-order valence-electron chi connectivity index (χ1n) is 9.56. The number of fused-ring (bicyclic) bond motifs is 1. The zero-order valence-corrected chi connectivity index (χ0v) is 18.0. The molecular formula is C23H20N2O3S2. The van der Waals surface area contributed by atoms with Gasteiger partial charge in [0.1, 0.15) is 11.4 Å². The molecule has 5 nitrogen and oxygen atoms in total. The van der Waals surface area contributed by atoms with Crippen LogP contribution in [0.1, 0.15) is 27.9 Å². The smallest absolute Gasteiger partial charge is 0.311 e. The van der Waals surface area contributed by atoms with Crippen LogP contribution in [-0.2, 0) is 21.7 Å². The topological polar surface area (TPSA) is 60.7 Å². The summed E-state index contributed by atoms with van der Waals surface area (Å²) >= 11 is 3.16. The molecule has 4 aromatic rings. The highest BCUT2D eigenvalue weighted by Crippen LogP contribution is 2.30. The summed E-state index contributed by atoms with van der Waals surface area (Å²) in [6, 6.07) is 18.4. The minimum Gasteiger partial charge on any atom is -0.466 e. The second-order valence-corrected chi connectivity index (χ2v) is 8.74. The van der Waals surface area contributed by atoms with Crippen LogP contribution in [0.2, 0.25) is 0 Å². The molecule has 2 aromatic carbocycles. The van der Waals surface area contributed by atoms with Gasteiger partial charge in [-0.25, -0.2) is 4.98 Å². The lowest BCUT2D eigenvalue weighted by Crippen LogP contribution is -2.06. The third kappa shape index (κ3) is 4.47. The van der Waals surface area contributed by atoms with E-state index in [-0.39, 0.29) is 12.4 Å². The summed E-state index contributed by atoms with van der Waals surface area (Å²) in [6.07, 6.45) is 2.79. The predicted molar refractivity (Wildman–Crippen MR) is 120 cm³/mol. The molecule has 0 amide bonds. The molecule has 0 saturated carbocycles. The summed E-state index contributed by atoms with van der Waals surface area (Å²) in [7, 11) is 0. The number of nitrogens with zero attached hydrogens (tertiary/aromatic N) is 2. The van der Waals surface area contributed by atoms with Crippen molar-refractivity contribution in [2.45, 2.75) is 24.0 Å². The number of thioether (sulfide) groups is 1. The van der Waals surface area contributed by atoms with Crippen molar-refractivity contribution in [2.75, 3.05) is 6.61 Å². The van der Waals surface area contributed by atoms with Crippen LogP contribution in [0.5, 0.6) is 0 Å². The van der Waals surface area contributed by atoms with Crippen molar-refractivity contribution in [1.29, 1.82) is 0 Å². The summed E-state index contributed by atoms with van der Waals surface area (Å²) in [5.41, 5.74) is 3.31. The Balaban J connectivity index is 1.52. The van der Waals surface area contributed by atoms with Gasteiger partial charge in [0, 0.05) is 27.3 Å². The van der Waals surface area contributed by atoms with Crippen LogP contribution in [0.3, 0.4) is 0 Å². The number of aromatic nitrogens is 2. The fraction of sp³-hybridized carbons (Fsp3) is 0.174. The van der Waals surface area contributed by atoms with Crippen LogP contribution in [-0.4, -0.2) is 28.2 Å². The van der Waals surface area contributed by atoms with Crippen LogP contribution in [0, 0.1) is 0 Å². The normalized spacial score (nSPS) is 11.0. The van der Waals surface area contributed by atoms with Gasteiger partial charge in [0.15, 0.2) is 11.2 Å². The Kier molecular flexibility index (Phi) is 6.30. The average Bonchev–Trinajstić information content (AvgIpc) is 3.30. The van der Waals surface area contributed by atoms with Crippen LogP contribution < -0.4 is 0 Å². The number of hydrogen-bond donors (Lipinski definition) is 0. The molecule has 0 saturated heterocycles. The molecule has 0 atom stereocenters. The Morgan fingerprint density at radius 2 is 1.93 bits per heavy atom. The molecule has 0 fully saturated rings. The average molecular weight is 437 g/mol. The largest absolute Gasteiger partial charge is 0.466 e. The number of ether oxygens (including phenoxy) is 1. The molecule has 30 heavy (non-hydrogen) atoms. The maximum atomic E-state index is 11.8. The van der Waals surface area contributed by atoms with Gasteiger partial charge in [0.05, 0.1) is 13.0 Å². The number of benzene rings is 2. The van der Waals surface area contributed by atoms with E-state index in [0.717, 1.165) is 27.4 Å². The number of carbonyl (C=O) groups is 2. The summed E-state index contributed by atoms with van der Waals surface area (Å²) in [6.45, 7) is 2.13. The van der Waals surface area contributed by atoms with Gasteiger partial charge in [-0.2, -0.15) is 0 Å². The molecule has 0 radical (unpaired) electrons. The van der Waals surface area contributed by atoms with E-state index in [4.69, 9.17) is 4.74 Å². The summed E-state index contributed by atoms with van der Waals surface area (Å²) in [5, 5.41) is 0. The zero-order chi connectivity index (χ0) is 20.9. The number of esters is 1. The Bertz CT molecular complexity index is 1160. The van der Waals surface area contributed by atoms with E-state index in [0.29, 0.717) is 23.0 Å². The Morgan fingerprint density at radius 3 is 2.63 bits per heavy atom. The lowest BCUT2D eigenvalue weighted by atomic mass is 10.1. The number of hydrogen-bond acceptors (Lipinski definition) is 6. The van der Waals surface area contributed by atoms with Crippen molar-refractivity contribution >= 4 is 40.3 Å². The number of carbonyl (C=O) groups excluding carboxylic acids is 2. The molecule has 2 heterocycles. The lowest BCUT2D eigenvalue weighted by molar-refractivity contribution is -0.142. The second-order valence-electron chi connectivity index (χ2n) is 6.59. The molecule has 7 heteroatoms. The first-order valence-corrected chi connectivity index (χ1v) is 11.4. The third-order valence-corrected chi connectivity index (χ3v) is 6.59. The molecule has 4 rings (SSSR count). The standard InChI is InChI=1S/C23H20N2O3S2/c1-2-28-21(27)12-19-13-25-20(14-26)22(24-23(25)30-19)17-8-10-18(11-9-17)29-15-16-6-4-3-5-7-16/h3-11,13-14H,2,12,15H2,1H3. The minimum absolute atomic E-state index is 0.183. The Labute approximate surface area is 182 Å². The second kappa shape index (κ2) is 9.28. The summed E-state index contributed by atoms with van der Waals surface area (Å²) in [5.74, 6) is 0.627. The van der Waals surface area contributed by atoms with Crippen LogP contribution in [0.15, 0.2) is 65.7 Å². The summed E-state index contributed by atoms with van der Waals surface area (Å²) in [4.78, 5) is 30.8. The maximum absolute atomic E-state index is 11.8. The van der Waals surface area contributed by atoms with Crippen molar-refractivity contribution in [3.8, 4) is 11.3 Å². The fourth-order valence-corrected chi connectivity index (χ4v) is 4.94. The number of thiazole rings is 1. The molecule has 152 valence electrons. The van der Waals surface area contributed by atoms with Gasteiger partial charge in [-0.3, -0.25) is 14.0 Å². The first-order chi connectivity index (χ1) is 14.7.